The fourth-order valence-corrected chi connectivity index (χ4v) is 2.23. The Bertz CT molecular complexity index is 636. The number of fused-ring (bicyclic) bond motifs is 3. The lowest BCUT2D eigenvalue weighted by atomic mass is 9.99. The van der Waals surface area contributed by atoms with Gasteiger partial charge in [-0.1, -0.05) is 31.2 Å². The zero-order valence-corrected chi connectivity index (χ0v) is 8.62. The number of H-pyrrole nitrogens is 1. The summed E-state index contributed by atoms with van der Waals surface area (Å²) in [6.07, 6.45) is 3.12. The van der Waals surface area contributed by atoms with Crippen molar-refractivity contribution >= 4 is 22.7 Å². The minimum absolute atomic E-state index is 0.227. The standard InChI is InChI=1S/C13H13NO/c1-8-6-7-10-9-4-2-3-5-11(9)14-12(10)13(8)15/h2-5,7-8,14-15H,6H2,1H3. The molecule has 1 aliphatic carbocycles. The Labute approximate surface area is 87.6 Å². The van der Waals surface area contributed by atoms with Crippen molar-refractivity contribution in [2.24, 2.45) is 5.92 Å². The first-order valence-electron chi connectivity index (χ1n) is 5.27. The Morgan fingerprint density at radius 2 is 2.13 bits per heavy atom. The van der Waals surface area contributed by atoms with Crippen molar-refractivity contribution in [3.8, 4) is 0 Å². The van der Waals surface area contributed by atoms with Crippen molar-refractivity contribution in [1.29, 1.82) is 0 Å². The number of hydrogen-bond donors (Lipinski definition) is 2. The summed E-state index contributed by atoms with van der Waals surface area (Å²) in [6.45, 7) is 2.04. The van der Waals surface area contributed by atoms with Gasteiger partial charge in [0.25, 0.3) is 0 Å². The number of benzene rings is 1. The molecule has 0 aliphatic heterocycles. The smallest absolute Gasteiger partial charge is 0.119 e. The number of rotatable bonds is 0. The lowest BCUT2D eigenvalue weighted by Gasteiger charge is -2.10. The second-order valence-corrected chi connectivity index (χ2v) is 4.19. The Balaban J connectivity index is 2.57. The van der Waals surface area contributed by atoms with Gasteiger partial charge in [-0.3, -0.25) is 0 Å². The van der Waals surface area contributed by atoms with Gasteiger partial charge in [0, 0.05) is 22.0 Å². The number of aromatic amines is 1. The van der Waals surface area contributed by atoms with Crippen LogP contribution >= 0.6 is 0 Å². The second-order valence-electron chi connectivity index (χ2n) is 4.19. The van der Waals surface area contributed by atoms with Gasteiger partial charge in [-0.15, -0.1) is 0 Å². The molecule has 15 heavy (non-hydrogen) atoms. The van der Waals surface area contributed by atoms with Crippen LogP contribution in [-0.2, 0) is 0 Å². The second kappa shape index (κ2) is 2.89. The van der Waals surface area contributed by atoms with Crippen LogP contribution in [0, 0.1) is 5.92 Å². The highest BCUT2D eigenvalue weighted by atomic mass is 16.3. The summed E-state index contributed by atoms with van der Waals surface area (Å²) in [4.78, 5) is 3.28. The van der Waals surface area contributed by atoms with Crippen LogP contribution in [0.4, 0.5) is 0 Å². The minimum atomic E-state index is 0.227. The van der Waals surface area contributed by atoms with Crippen LogP contribution in [0.3, 0.4) is 0 Å². The lowest BCUT2D eigenvalue weighted by Crippen LogP contribution is -2.31. The minimum Gasteiger partial charge on any atom is -0.510 e. The first-order chi connectivity index (χ1) is 7.27. The maximum absolute atomic E-state index is 10.00. The van der Waals surface area contributed by atoms with E-state index >= 15 is 0 Å². The molecule has 0 saturated carbocycles. The number of aromatic nitrogens is 1. The van der Waals surface area contributed by atoms with Crippen molar-refractivity contribution in [1.82, 2.24) is 4.98 Å². The average molecular weight is 199 g/mol. The van der Waals surface area contributed by atoms with Gasteiger partial charge in [0.15, 0.2) is 0 Å². The van der Waals surface area contributed by atoms with Crippen LogP contribution < -0.4 is 10.6 Å². The highest BCUT2D eigenvalue weighted by molar-refractivity contribution is 5.81. The average Bonchev–Trinajstić information content (AvgIpc) is 2.63. The predicted molar refractivity (Wildman–Crippen MR) is 61.8 cm³/mol. The highest BCUT2D eigenvalue weighted by Crippen LogP contribution is 2.15. The molecule has 3 rings (SSSR count). The fraction of sp³-hybridized carbons (Fsp3) is 0.231. The van der Waals surface area contributed by atoms with E-state index < -0.39 is 0 Å². The van der Waals surface area contributed by atoms with E-state index in [1.165, 1.54) is 5.39 Å². The van der Waals surface area contributed by atoms with Gasteiger partial charge < -0.3 is 10.1 Å². The largest absolute Gasteiger partial charge is 0.510 e. The Hall–Kier alpha value is -1.70. The Kier molecular flexibility index (Phi) is 1.66. The number of hydrogen-bond acceptors (Lipinski definition) is 1. The molecule has 0 amide bonds. The summed E-state index contributed by atoms with van der Waals surface area (Å²) in [5.41, 5.74) is 1.10. The molecule has 76 valence electrons. The first-order valence-corrected chi connectivity index (χ1v) is 5.27. The summed E-state index contributed by atoms with van der Waals surface area (Å²) >= 11 is 0. The van der Waals surface area contributed by atoms with E-state index in [2.05, 4.69) is 17.1 Å². The third kappa shape index (κ3) is 1.11. The highest BCUT2D eigenvalue weighted by Gasteiger charge is 2.14. The van der Waals surface area contributed by atoms with E-state index in [-0.39, 0.29) is 5.92 Å². The molecule has 1 aromatic carbocycles. The molecule has 2 N–H and O–H groups in total. The normalized spacial score (nSPS) is 20.1. The van der Waals surface area contributed by atoms with Gasteiger partial charge >= 0.3 is 0 Å². The monoisotopic (exact) mass is 199 g/mol. The van der Waals surface area contributed by atoms with E-state index in [1.54, 1.807) is 0 Å². The molecule has 1 aliphatic rings. The molecule has 2 heteroatoms. The van der Waals surface area contributed by atoms with Gasteiger partial charge in [-0.05, 0) is 12.5 Å². The maximum atomic E-state index is 10.00. The van der Waals surface area contributed by atoms with E-state index in [1.807, 2.05) is 25.1 Å². The molecule has 0 spiro atoms. The fourth-order valence-electron chi connectivity index (χ4n) is 2.23. The van der Waals surface area contributed by atoms with Gasteiger partial charge in [-0.2, -0.15) is 0 Å². The zero-order valence-electron chi connectivity index (χ0n) is 8.62. The third-order valence-corrected chi connectivity index (χ3v) is 3.14. The summed E-state index contributed by atoms with van der Waals surface area (Å²) < 4.78 is 0. The van der Waals surface area contributed by atoms with Gasteiger partial charge in [0.05, 0.1) is 5.35 Å². The number of aliphatic hydroxyl groups is 1. The topological polar surface area (TPSA) is 36.0 Å². The van der Waals surface area contributed by atoms with Gasteiger partial charge in [0.2, 0.25) is 0 Å². The number of para-hydroxylation sites is 1. The van der Waals surface area contributed by atoms with E-state index in [4.69, 9.17) is 0 Å². The quantitative estimate of drug-likeness (QED) is 0.665. The molecule has 2 nitrogen and oxygen atoms in total. The molecule has 1 aromatic heterocycles. The molecule has 0 saturated heterocycles. The van der Waals surface area contributed by atoms with E-state index in [9.17, 15) is 5.11 Å². The Morgan fingerprint density at radius 3 is 3.00 bits per heavy atom. The van der Waals surface area contributed by atoms with Crippen molar-refractivity contribution in [3.05, 3.63) is 34.8 Å². The van der Waals surface area contributed by atoms with Crippen molar-refractivity contribution in [3.63, 3.8) is 0 Å². The van der Waals surface area contributed by atoms with Gasteiger partial charge in [0.1, 0.15) is 5.76 Å². The van der Waals surface area contributed by atoms with Crippen molar-refractivity contribution < 1.29 is 5.11 Å². The number of aliphatic hydroxyl groups excluding tert-OH is 1. The molecular weight excluding hydrogens is 186 g/mol. The molecule has 1 unspecified atom stereocenters. The zero-order chi connectivity index (χ0) is 10.4. The third-order valence-electron chi connectivity index (χ3n) is 3.14. The first kappa shape index (κ1) is 8.60. The molecule has 1 heterocycles. The molecule has 0 fully saturated rings. The van der Waals surface area contributed by atoms with Crippen LogP contribution in [0.2, 0.25) is 0 Å². The molecule has 0 bridgehead atoms. The maximum Gasteiger partial charge on any atom is 0.119 e. The van der Waals surface area contributed by atoms with Crippen LogP contribution in [0.1, 0.15) is 13.3 Å². The van der Waals surface area contributed by atoms with E-state index in [0.717, 1.165) is 22.5 Å². The SMILES string of the molecule is CC1CC=c2c([nH]c3ccccc23)=C1O. The summed E-state index contributed by atoms with van der Waals surface area (Å²) in [5, 5.41) is 13.2. The Morgan fingerprint density at radius 1 is 1.33 bits per heavy atom. The summed E-state index contributed by atoms with van der Waals surface area (Å²) in [6, 6.07) is 8.16. The van der Waals surface area contributed by atoms with Crippen molar-refractivity contribution in [2.75, 3.05) is 0 Å². The van der Waals surface area contributed by atoms with Crippen LogP contribution in [0.25, 0.3) is 22.7 Å². The molecular formula is C13H13NO. The van der Waals surface area contributed by atoms with Crippen LogP contribution in [0.15, 0.2) is 24.3 Å². The van der Waals surface area contributed by atoms with Crippen LogP contribution in [0.5, 0.6) is 0 Å². The molecule has 2 aromatic rings. The van der Waals surface area contributed by atoms with E-state index in [0.29, 0.717) is 5.76 Å². The predicted octanol–water partition coefficient (Wildman–Crippen LogP) is 1.65. The van der Waals surface area contributed by atoms with Gasteiger partial charge in [-0.25, -0.2) is 0 Å². The number of nitrogens with one attached hydrogen (secondary N) is 1. The molecule has 0 radical (unpaired) electrons. The van der Waals surface area contributed by atoms with Crippen LogP contribution in [-0.4, -0.2) is 10.1 Å². The van der Waals surface area contributed by atoms with Crippen molar-refractivity contribution in [2.45, 2.75) is 13.3 Å². The molecule has 1 atom stereocenters. The summed E-state index contributed by atoms with van der Waals surface area (Å²) in [7, 11) is 0. The summed E-state index contributed by atoms with van der Waals surface area (Å²) in [5.74, 6) is 0.717. The lowest BCUT2D eigenvalue weighted by molar-refractivity contribution is 0.433.